The molecule has 0 heterocycles. The molecule has 1 atom stereocenters. The van der Waals surface area contributed by atoms with Crippen molar-refractivity contribution in [3.05, 3.63) is 35.9 Å². The molecule has 0 bridgehead atoms. The van der Waals surface area contributed by atoms with Gasteiger partial charge in [-0.2, -0.15) is 0 Å². The van der Waals surface area contributed by atoms with E-state index in [1.165, 1.54) is 0 Å². The van der Waals surface area contributed by atoms with E-state index in [-0.39, 0.29) is 0 Å². The van der Waals surface area contributed by atoms with Crippen molar-refractivity contribution in [3.8, 4) is 0 Å². The lowest BCUT2D eigenvalue weighted by Crippen LogP contribution is -2.42. The Balaban J connectivity index is 2.15. The van der Waals surface area contributed by atoms with E-state index in [0.29, 0.717) is 18.5 Å². The first-order valence-electron chi connectivity index (χ1n) is 6.14. The van der Waals surface area contributed by atoms with Crippen LogP contribution in [0, 0.1) is 5.92 Å². The Morgan fingerprint density at radius 3 is 2.44 bits per heavy atom. The Morgan fingerprint density at radius 1 is 1.31 bits per heavy atom. The predicted octanol–water partition coefficient (Wildman–Crippen LogP) is 2.28. The first-order valence-corrected chi connectivity index (χ1v) is 6.14. The molecular formula is C14H21NO. The van der Waals surface area contributed by atoms with Crippen LogP contribution in [0.2, 0.25) is 0 Å². The summed E-state index contributed by atoms with van der Waals surface area (Å²) in [4.78, 5) is 0. The van der Waals surface area contributed by atoms with Crippen LogP contribution >= 0.6 is 0 Å². The topological polar surface area (TPSA) is 32.3 Å². The minimum absolute atomic E-state index is 0.411. The van der Waals surface area contributed by atoms with Crippen LogP contribution in [0.4, 0.5) is 0 Å². The molecule has 0 aromatic heterocycles. The van der Waals surface area contributed by atoms with Crippen LogP contribution in [0.25, 0.3) is 0 Å². The summed E-state index contributed by atoms with van der Waals surface area (Å²) >= 11 is 0. The van der Waals surface area contributed by atoms with Gasteiger partial charge in [0.2, 0.25) is 0 Å². The first kappa shape index (κ1) is 11.6. The fourth-order valence-corrected chi connectivity index (χ4v) is 2.13. The molecule has 2 rings (SSSR count). The van der Waals surface area contributed by atoms with E-state index in [2.05, 4.69) is 19.2 Å². The van der Waals surface area contributed by atoms with E-state index < -0.39 is 5.60 Å². The van der Waals surface area contributed by atoms with Gasteiger partial charge >= 0.3 is 0 Å². The zero-order chi connectivity index (χ0) is 11.6. The standard InChI is InChI=1S/C14H21NO/c1-11(2)15-10-14(16,13-8-9-13)12-6-4-3-5-7-12/h3-7,11,13,15-16H,8-10H2,1-2H3. The van der Waals surface area contributed by atoms with Crippen molar-refractivity contribution in [2.24, 2.45) is 5.92 Å². The molecule has 2 nitrogen and oxygen atoms in total. The second kappa shape index (κ2) is 4.56. The maximum absolute atomic E-state index is 10.8. The summed E-state index contributed by atoms with van der Waals surface area (Å²) in [6.45, 7) is 4.87. The van der Waals surface area contributed by atoms with E-state index >= 15 is 0 Å². The van der Waals surface area contributed by atoms with Gasteiger partial charge in [-0.3, -0.25) is 0 Å². The van der Waals surface area contributed by atoms with Crippen molar-refractivity contribution in [2.75, 3.05) is 6.54 Å². The third kappa shape index (κ3) is 2.45. The SMILES string of the molecule is CC(C)NCC(O)(c1ccccc1)C1CC1. The highest BCUT2D eigenvalue weighted by molar-refractivity contribution is 5.25. The van der Waals surface area contributed by atoms with E-state index in [1.54, 1.807) is 0 Å². The van der Waals surface area contributed by atoms with Gasteiger partial charge in [-0.1, -0.05) is 44.2 Å². The zero-order valence-corrected chi connectivity index (χ0v) is 10.1. The molecule has 0 amide bonds. The molecule has 16 heavy (non-hydrogen) atoms. The minimum Gasteiger partial charge on any atom is -0.384 e. The average Bonchev–Trinajstić information content (AvgIpc) is 3.11. The van der Waals surface area contributed by atoms with E-state index in [9.17, 15) is 5.11 Å². The molecule has 2 heteroatoms. The quantitative estimate of drug-likeness (QED) is 0.796. The van der Waals surface area contributed by atoms with Crippen molar-refractivity contribution >= 4 is 0 Å². The molecule has 1 unspecified atom stereocenters. The predicted molar refractivity (Wildman–Crippen MR) is 66.2 cm³/mol. The summed E-state index contributed by atoms with van der Waals surface area (Å²) in [5.41, 5.74) is 0.372. The Kier molecular flexibility index (Phi) is 3.31. The van der Waals surface area contributed by atoms with Crippen molar-refractivity contribution in [3.63, 3.8) is 0 Å². The van der Waals surface area contributed by atoms with Gasteiger partial charge in [-0.05, 0) is 24.3 Å². The number of hydrogen-bond acceptors (Lipinski definition) is 2. The van der Waals surface area contributed by atoms with Gasteiger partial charge in [0.1, 0.15) is 5.60 Å². The van der Waals surface area contributed by atoms with Crippen LogP contribution in [0.5, 0.6) is 0 Å². The molecule has 2 N–H and O–H groups in total. The summed E-state index contributed by atoms with van der Waals surface area (Å²) in [7, 11) is 0. The molecule has 1 saturated carbocycles. The van der Waals surface area contributed by atoms with Crippen LogP contribution in [0.15, 0.2) is 30.3 Å². The highest BCUT2D eigenvalue weighted by atomic mass is 16.3. The zero-order valence-electron chi connectivity index (χ0n) is 10.1. The molecule has 1 aliphatic rings. The smallest absolute Gasteiger partial charge is 0.105 e. The average molecular weight is 219 g/mol. The maximum atomic E-state index is 10.8. The van der Waals surface area contributed by atoms with Gasteiger partial charge in [-0.25, -0.2) is 0 Å². The van der Waals surface area contributed by atoms with Crippen molar-refractivity contribution in [1.29, 1.82) is 0 Å². The number of aliphatic hydroxyl groups is 1. The van der Waals surface area contributed by atoms with Crippen LogP contribution in [-0.2, 0) is 5.60 Å². The second-order valence-corrected chi connectivity index (χ2v) is 5.10. The van der Waals surface area contributed by atoms with E-state index in [0.717, 1.165) is 18.4 Å². The molecule has 1 aliphatic carbocycles. The van der Waals surface area contributed by atoms with Crippen LogP contribution in [-0.4, -0.2) is 17.7 Å². The van der Waals surface area contributed by atoms with Gasteiger partial charge in [0.05, 0.1) is 0 Å². The van der Waals surface area contributed by atoms with Crippen molar-refractivity contribution in [1.82, 2.24) is 5.32 Å². The van der Waals surface area contributed by atoms with Gasteiger partial charge in [0.15, 0.2) is 0 Å². The number of benzene rings is 1. The summed E-state index contributed by atoms with van der Waals surface area (Å²) in [5.74, 6) is 0.432. The maximum Gasteiger partial charge on any atom is 0.105 e. The lowest BCUT2D eigenvalue weighted by atomic mass is 9.88. The molecule has 1 fully saturated rings. The molecule has 0 aliphatic heterocycles. The lowest BCUT2D eigenvalue weighted by Gasteiger charge is -2.30. The third-order valence-corrected chi connectivity index (χ3v) is 3.31. The molecular weight excluding hydrogens is 198 g/mol. The van der Waals surface area contributed by atoms with E-state index in [1.807, 2.05) is 30.3 Å². The number of rotatable bonds is 5. The molecule has 1 aromatic rings. The fraction of sp³-hybridized carbons (Fsp3) is 0.571. The molecule has 0 saturated heterocycles. The first-order chi connectivity index (χ1) is 7.63. The van der Waals surface area contributed by atoms with Crippen LogP contribution in [0.3, 0.4) is 0 Å². The summed E-state index contributed by atoms with van der Waals surface area (Å²) in [5, 5.41) is 14.2. The lowest BCUT2D eigenvalue weighted by molar-refractivity contribution is 0.0118. The second-order valence-electron chi connectivity index (χ2n) is 5.10. The van der Waals surface area contributed by atoms with E-state index in [4.69, 9.17) is 0 Å². The molecule has 0 spiro atoms. The Bertz CT molecular complexity index is 332. The van der Waals surface area contributed by atoms with Crippen molar-refractivity contribution in [2.45, 2.75) is 38.3 Å². The largest absolute Gasteiger partial charge is 0.384 e. The van der Waals surface area contributed by atoms with Gasteiger partial charge in [-0.15, -0.1) is 0 Å². The highest BCUT2D eigenvalue weighted by Crippen LogP contribution is 2.45. The summed E-state index contributed by atoms with van der Waals surface area (Å²) in [6, 6.07) is 10.5. The van der Waals surface area contributed by atoms with Crippen LogP contribution in [0.1, 0.15) is 32.3 Å². The van der Waals surface area contributed by atoms with Crippen LogP contribution < -0.4 is 5.32 Å². The Hall–Kier alpha value is -0.860. The number of nitrogens with one attached hydrogen (secondary N) is 1. The normalized spacial score (nSPS) is 19.8. The van der Waals surface area contributed by atoms with Gasteiger partial charge in [0, 0.05) is 12.6 Å². The van der Waals surface area contributed by atoms with Gasteiger partial charge < -0.3 is 10.4 Å². The van der Waals surface area contributed by atoms with Gasteiger partial charge in [0.25, 0.3) is 0 Å². The molecule has 88 valence electrons. The monoisotopic (exact) mass is 219 g/mol. The molecule has 0 radical (unpaired) electrons. The minimum atomic E-state index is -0.675. The molecule has 1 aromatic carbocycles. The Morgan fingerprint density at radius 2 is 1.94 bits per heavy atom. The Labute approximate surface area is 97.7 Å². The number of hydrogen-bond donors (Lipinski definition) is 2. The third-order valence-electron chi connectivity index (χ3n) is 3.31. The summed E-state index contributed by atoms with van der Waals surface area (Å²) in [6.07, 6.45) is 2.29. The summed E-state index contributed by atoms with van der Waals surface area (Å²) < 4.78 is 0. The fourth-order valence-electron chi connectivity index (χ4n) is 2.13. The van der Waals surface area contributed by atoms with Crippen molar-refractivity contribution < 1.29 is 5.11 Å². The highest BCUT2D eigenvalue weighted by Gasteiger charge is 2.44.